The first kappa shape index (κ1) is 18.3. The minimum absolute atomic E-state index is 0.163. The lowest BCUT2D eigenvalue weighted by Crippen LogP contribution is -2.35. The smallest absolute Gasteiger partial charge is 0.261 e. The van der Waals surface area contributed by atoms with Gasteiger partial charge in [-0.3, -0.25) is 9.59 Å². The second-order valence-electron chi connectivity index (χ2n) is 5.69. The molecule has 3 N–H and O–H groups in total. The molecule has 0 aliphatic rings. The van der Waals surface area contributed by atoms with Crippen LogP contribution < -0.4 is 20.5 Å². The molecule has 0 saturated carbocycles. The predicted molar refractivity (Wildman–Crippen MR) is 94.2 cm³/mol. The van der Waals surface area contributed by atoms with Crippen LogP contribution in [0.1, 0.15) is 18.1 Å². The summed E-state index contributed by atoms with van der Waals surface area (Å²) in [7, 11) is 0. The zero-order chi connectivity index (χ0) is 18.2. The van der Waals surface area contributed by atoms with Gasteiger partial charge in [-0.25, -0.2) is 0 Å². The number of benzene rings is 2. The average Bonchev–Trinajstić information content (AvgIpc) is 2.58. The summed E-state index contributed by atoms with van der Waals surface area (Å²) in [4.78, 5) is 22.8. The Morgan fingerprint density at radius 1 is 1.12 bits per heavy atom. The summed E-state index contributed by atoms with van der Waals surface area (Å²) < 4.78 is 10.8. The maximum atomic E-state index is 12.1. The summed E-state index contributed by atoms with van der Waals surface area (Å²) in [6.07, 6.45) is -0.597. The van der Waals surface area contributed by atoms with Crippen LogP contribution in [-0.4, -0.2) is 24.5 Å². The van der Waals surface area contributed by atoms with E-state index in [4.69, 9.17) is 15.2 Å². The summed E-state index contributed by atoms with van der Waals surface area (Å²) in [6.45, 7) is 3.88. The van der Waals surface area contributed by atoms with Crippen molar-refractivity contribution in [1.29, 1.82) is 0 Å². The molecule has 1 atom stereocenters. The van der Waals surface area contributed by atoms with E-state index in [0.717, 1.165) is 11.1 Å². The van der Waals surface area contributed by atoms with E-state index in [1.807, 2.05) is 43.3 Å². The summed E-state index contributed by atoms with van der Waals surface area (Å²) in [5.74, 6) is 0.484. The lowest BCUT2D eigenvalue weighted by atomic mass is 10.2. The van der Waals surface area contributed by atoms with Crippen LogP contribution in [0, 0.1) is 6.92 Å². The van der Waals surface area contributed by atoms with E-state index in [1.54, 1.807) is 19.1 Å². The molecule has 2 amide bonds. The number of ether oxygens (including phenoxy) is 2. The summed E-state index contributed by atoms with van der Waals surface area (Å²) >= 11 is 0. The molecule has 0 aliphatic carbocycles. The third-order valence-electron chi connectivity index (χ3n) is 3.44. The molecule has 1 unspecified atom stereocenters. The van der Waals surface area contributed by atoms with Crippen molar-refractivity contribution in [3.8, 4) is 11.5 Å². The molecule has 0 radical (unpaired) electrons. The van der Waals surface area contributed by atoms with Crippen LogP contribution in [0.3, 0.4) is 0 Å². The van der Waals surface area contributed by atoms with Crippen LogP contribution in [-0.2, 0) is 16.1 Å². The zero-order valence-corrected chi connectivity index (χ0v) is 14.3. The maximum Gasteiger partial charge on any atom is 0.261 e. The van der Waals surface area contributed by atoms with Gasteiger partial charge in [0.15, 0.2) is 12.7 Å². The molecule has 0 aliphatic heterocycles. The van der Waals surface area contributed by atoms with Gasteiger partial charge < -0.3 is 20.5 Å². The second kappa shape index (κ2) is 8.73. The van der Waals surface area contributed by atoms with Crippen LogP contribution in [0.25, 0.3) is 0 Å². The molecule has 0 aromatic heterocycles. The number of aryl methyl sites for hydroxylation is 1. The van der Waals surface area contributed by atoms with Crippen molar-refractivity contribution < 1.29 is 19.1 Å². The van der Waals surface area contributed by atoms with E-state index in [-0.39, 0.29) is 12.5 Å². The molecule has 0 bridgehead atoms. The highest BCUT2D eigenvalue weighted by Gasteiger charge is 2.14. The van der Waals surface area contributed by atoms with Crippen molar-refractivity contribution in [3.63, 3.8) is 0 Å². The van der Waals surface area contributed by atoms with Crippen molar-refractivity contribution in [2.45, 2.75) is 26.5 Å². The SMILES string of the molecule is Cc1cccc(OC(C)C(=O)NCc2ccc(OCC(N)=O)cc2)c1. The van der Waals surface area contributed by atoms with Gasteiger partial charge in [-0.1, -0.05) is 24.3 Å². The quantitative estimate of drug-likeness (QED) is 0.767. The molecule has 25 heavy (non-hydrogen) atoms. The fraction of sp³-hybridized carbons (Fsp3) is 0.263. The van der Waals surface area contributed by atoms with Crippen LogP contribution in [0.5, 0.6) is 11.5 Å². The standard InChI is InChI=1S/C19H22N2O4/c1-13-4-3-5-17(10-13)25-14(2)19(23)21-11-15-6-8-16(9-7-15)24-12-18(20)22/h3-10,14H,11-12H2,1-2H3,(H2,20,22)(H,21,23). The van der Waals surface area contributed by atoms with Gasteiger partial charge in [-0.2, -0.15) is 0 Å². The highest BCUT2D eigenvalue weighted by Crippen LogP contribution is 2.15. The van der Waals surface area contributed by atoms with Crippen LogP contribution >= 0.6 is 0 Å². The van der Waals surface area contributed by atoms with Crippen molar-refractivity contribution in [2.24, 2.45) is 5.73 Å². The van der Waals surface area contributed by atoms with Crippen molar-refractivity contribution in [2.75, 3.05) is 6.61 Å². The minimum Gasteiger partial charge on any atom is -0.484 e. The summed E-state index contributed by atoms with van der Waals surface area (Å²) in [5, 5.41) is 2.82. The van der Waals surface area contributed by atoms with Crippen LogP contribution in [0.4, 0.5) is 0 Å². The van der Waals surface area contributed by atoms with Gasteiger partial charge in [0.1, 0.15) is 11.5 Å². The van der Waals surface area contributed by atoms with Crippen molar-refractivity contribution in [1.82, 2.24) is 5.32 Å². The number of hydrogen-bond donors (Lipinski definition) is 2. The predicted octanol–water partition coefficient (Wildman–Crippen LogP) is 1.94. The number of nitrogens with one attached hydrogen (secondary N) is 1. The molecule has 2 aromatic carbocycles. The van der Waals surface area contributed by atoms with Gasteiger partial charge in [0, 0.05) is 6.54 Å². The van der Waals surface area contributed by atoms with E-state index in [2.05, 4.69) is 5.32 Å². The number of amides is 2. The van der Waals surface area contributed by atoms with Gasteiger partial charge in [0.05, 0.1) is 0 Å². The molecule has 0 spiro atoms. The molecule has 2 rings (SSSR count). The Morgan fingerprint density at radius 2 is 1.84 bits per heavy atom. The molecule has 6 nitrogen and oxygen atoms in total. The normalized spacial score (nSPS) is 11.4. The summed E-state index contributed by atoms with van der Waals surface area (Å²) in [6, 6.07) is 14.6. The highest BCUT2D eigenvalue weighted by atomic mass is 16.5. The minimum atomic E-state index is -0.597. The van der Waals surface area contributed by atoms with E-state index >= 15 is 0 Å². The molecular formula is C19H22N2O4. The molecule has 6 heteroatoms. The van der Waals surface area contributed by atoms with E-state index in [1.165, 1.54) is 0 Å². The molecule has 0 fully saturated rings. The van der Waals surface area contributed by atoms with Gasteiger partial charge in [-0.15, -0.1) is 0 Å². The highest BCUT2D eigenvalue weighted by molar-refractivity contribution is 5.80. The van der Waals surface area contributed by atoms with Crippen molar-refractivity contribution in [3.05, 3.63) is 59.7 Å². The monoisotopic (exact) mass is 342 g/mol. The van der Waals surface area contributed by atoms with Crippen LogP contribution in [0.2, 0.25) is 0 Å². The molecule has 132 valence electrons. The van der Waals surface area contributed by atoms with Gasteiger partial charge >= 0.3 is 0 Å². The molecule has 2 aromatic rings. The third-order valence-corrected chi connectivity index (χ3v) is 3.44. The Balaban J connectivity index is 1.81. The second-order valence-corrected chi connectivity index (χ2v) is 5.69. The Bertz CT molecular complexity index is 728. The van der Waals surface area contributed by atoms with E-state index in [9.17, 15) is 9.59 Å². The summed E-state index contributed by atoms with van der Waals surface area (Å²) in [5.41, 5.74) is 7.00. The maximum absolute atomic E-state index is 12.1. The Labute approximate surface area is 146 Å². The molecular weight excluding hydrogens is 320 g/mol. The van der Waals surface area contributed by atoms with Gasteiger partial charge in [0.25, 0.3) is 11.8 Å². The molecule has 0 heterocycles. The van der Waals surface area contributed by atoms with E-state index in [0.29, 0.717) is 18.0 Å². The van der Waals surface area contributed by atoms with Gasteiger partial charge in [0.2, 0.25) is 0 Å². The number of nitrogens with two attached hydrogens (primary N) is 1. The topological polar surface area (TPSA) is 90.7 Å². The Morgan fingerprint density at radius 3 is 2.48 bits per heavy atom. The number of primary amides is 1. The van der Waals surface area contributed by atoms with Crippen molar-refractivity contribution >= 4 is 11.8 Å². The van der Waals surface area contributed by atoms with Gasteiger partial charge in [-0.05, 0) is 49.2 Å². The average molecular weight is 342 g/mol. The lowest BCUT2D eigenvalue weighted by Gasteiger charge is -2.15. The fourth-order valence-corrected chi connectivity index (χ4v) is 2.14. The first-order chi connectivity index (χ1) is 11.9. The lowest BCUT2D eigenvalue weighted by molar-refractivity contribution is -0.127. The number of hydrogen-bond acceptors (Lipinski definition) is 4. The third kappa shape index (κ3) is 6.18. The first-order valence-corrected chi connectivity index (χ1v) is 7.95. The largest absolute Gasteiger partial charge is 0.484 e. The first-order valence-electron chi connectivity index (χ1n) is 7.95. The fourth-order valence-electron chi connectivity index (χ4n) is 2.14. The molecule has 0 saturated heterocycles. The zero-order valence-electron chi connectivity index (χ0n) is 14.3. The number of carbonyl (C=O) groups is 2. The Hall–Kier alpha value is -3.02. The number of rotatable bonds is 8. The number of carbonyl (C=O) groups excluding carboxylic acids is 2. The van der Waals surface area contributed by atoms with E-state index < -0.39 is 12.0 Å². The Kier molecular flexibility index (Phi) is 6.39. The van der Waals surface area contributed by atoms with Crippen LogP contribution in [0.15, 0.2) is 48.5 Å².